The molecule has 1 aromatic heterocycles. The van der Waals surface area contributed by atoms with Crippen molar-refractivity contribution in [1.82, 2.24) is 15.2 Å². The number of hydrogen-bond acceptors (Lipinski definition) is 4. The van der Waals surface area contributed by atoms with Gasteiger partial charge in [0.1, 0.15) is 12.2 Å². The third kappa shape index (κ3) is 2.63. The van der Waals surface area contributed by atoms with Gasteiger partial charge in [0.05, 0.1) is 0 Å². The van der Waals surface area contributed by atoms with E-state index in [0.717, 1.165) is 5.33 Å². The van der Waals surface area contributed by atoms with Crippen LogP contribution in [0.2, 0.25) is 0 Å². The highest BCUT2D eigenvalue weighted by molar-refractivity contribution is 9.09. The van der Waals surface area contributed by atoms with Crippen molar-refractivity contribution in [3.05, 3.63) is 5.82 Å². The molecule has 1 atom stereocenters. The lowest BCUT2D eigenvalue weighted by Crippen LogP contribution is -2.25. The van der Waals surface area contributed by atoms with Gasteiger partial charge in [-0.2, -0.15) is 4.98 Å². The van der Waals surface area contributed by atoms with Crippen LogP contribution in [0.25, 0.3) is 0 Å². The van der Waals surface area contributed by atoms with Crippen molar-refractivity contribution in [2.45, 2.75) is 12.8 Å². The standard InChI is InChI=1S/C9H11BrN4O3/c10-3-5-1-7(15)14(4-5)9-11-6(12-13-9)2-8(16)17/h5H,1-4H2,(H,16,17)(H,11,12,13). The number of aromatic nitrogens is 3. The van der Waals surface area contributed by atoms with E-state index in [1.54, 1.807) is 0 Å². The number of anilines is 1. The Morgan fingerprint density at radius 2 is 2.41 bits per heavy atom. The zero-order chi connectivity index (χ0) is 12.4. The maximum atomic E-state index is 11.7. The lowest BCUT2D eigenvalue weighted by molar-refractivity contribution is -0.136. The summed E-state index contributed by atoms with van der Waals surface area (Å²) in [4.78, 5) is 27.6. The van der Waals surface area contributed by atoms with E-state index in [1.807, 2.05) is 0 Å². The molecule has 0 aromatic carbocycles. The number of carbonyl (C=O) groups excluding carboxylic acids is 1. The summed E-state index contributed by atoms with van der Waals surface area (Å²) < 4.78 is 0. The largest absolute Gasteiger partial charge is 0.481 e. The van der Waals surface area contributed by atoms with Crippen LogP contribution in [0, 0.1) is 5.92 Å². The fourth-order valence-corrected chi connectivity index (χ4v) is 2.14. The Balaban J connectivity index is 2.10. The molecule has 1 aromatic rings. The molecule has 1 fully saturated rings. The van der Waals surface area contributed by atoms with Crippen LogP contribution in [-0.4, -0.2) is 44.0 Å². The number of carboxylic acids is 1. The zero-order valence-corrected chi connectivity index (χ0v) is 10.5. The van der Waals surface area contributed by atoms with Gasteiger partial charge in [-0.15, -0.1) is 5.10 Å². The number of nitrogens with one attached hydrogen (secondary N) is 1. The molecule has 17 heavy (non-hydrogen) atoms. The second-order valence-electron chi connectivity index (χ2n) is 3.88. The van der Waals surface area contributed by atoms with Crippen molar-refractivity contribution in [3.8, 4) is 0 Å². The summed E-state index contributed by atoms with van der Waals surface area (Å²) in [5.41, 5.74) is 0. The van der Waals surface area contributed by atoms with Crippen LogP contribution >= 0.6 is 15.9 Å². The summed E-state index contributed by atoms with van der Waals surface area (Å²) in [5.74, 6) is -0.254. The number of rotatable bonds is 4. The molecule has 0 bridgehead atoms. The molecule has 1 unspecified atom stereocenters. The number of aliphatic carboxylic acids is 1. The van der Waals surface area contributed by atoms with Crippen molar-refractivity contribution in [2.24, 2.45) is 5.92 Å². The first-order chi connectivity index (χ1) is 8.10. The molecule has 0 saturated carbocycles. The van der Waals surface area contributed by atoms with E-state index in [2.05, 4.69) is 31.1 Å². The monoisotopic (exact) mass is 302 g/mol. The number of nitrogens with zero attached hydrogens (tertiary/aromatic N) is 3. The normalized spacial score (nSPS) is 19.9. The topological polar surface area (TPSA) is 99.2 Å². The molecule has 1 aliphatic heterocycles. The lowest BCUT2D eigenvalue weighted by Gasteiger charge is -2.10. The first-order valence-electron chi connectivity index (χ1n) is 5.09. The van der Waals surface area contributed by atoms with Gasteiger partial charge >= 0.3 is 5.97 Å². The average molecular weight is 303 g/mol. The van der Waals surface area contributed by atoms with E-state index in [1.165, 1.54) is 4.90 Å². The first kappa shape index (κ1) is 12.0. The van der Waals surface area contributed by atoms with Gasteiger partial charge in [-0.1, -0.05) is 15.9 Å². The van der Waals surface area contributed by atoms with Crippen molar-refractivity contribution in [3.63, 3.8) is 0 Å². The minimum atomic E-state index is -0.987. The van der Waals surface area contributed by atoms with E-state index in [9.17, 15) is 9.59 Å². The Bertz CT molecular complexity index is 447. The highest BCUT2D eigenvalue weighted by Crippen LogP contribution is 2.23. The summed E-state index contributed by atoms with van der Waals surface area (Å²) in [7, 11) is 0. The van der Waals surface area contributed by atoms with Gasteiger partial charge in [-0.25, -0.2) is 0 Å². The number of alkyl halides is 1. The summed E-state index contributed by atoms with van der Waals surface area (Å²) >= 11 is 3.34. The average Bonchev–Trinajstić information content (AvgIpc) is 2.83. The van der Waals surface area contributed by atoms with Gasteiger partial charge in [-0.3, -0.25) is 19.6 Å². The predicted molar refractivity (Wildman–Crippen MR) is 62.0 cm³/mol. The number of aromatic amines is 1. The van der Waals surface area contributed by atoms with E-state index in [4.69, 9.17) is 5.11 Å². The van der Waals surface area contributed by atoms with Crippen LogP contribution in [0.15, 0.2) is 0 Å². The Labute approximate surface area is 105 Å². The molecule has 1 amide bonds. The molecular weight excluding hydrogens is 292 g/mol. The van der Waals surface area contributed by atoms with Crippen molar-refractivity contribution >= 4 is 33.8 Å². The van der Waals surface area contributed by atoms with Crippen molar-refractivity contribution in [2.75, 3.05) is 16.8 Å². The van der Waals surface area contributed by atoms with Crippen LogP contribution in [0.3, 0.4) is 0 Å². The van der Waals surface area contributed by atoms with Crippen LogP contribution < -0.4 is 4.90 Å². The summed E-state index contributed by atoms with van der Waals surface area (Å²) in [5, 5.41) is 15.7. The molecule has 92 valence electrons. The number of amides is 1. The fraction of sp³-hybridized carbons (Fsp3) is 0.556. The molecule has 2 heterocycles. The van der Waals surface area contributed by atoms with Gasteiger partial charge in [-0.05, 0) is 5.92 Å². The van der Waals surface area contributed by atoms with Gasteiger partial charge in [0, 0.05) is 18.3 Å². The highest BCUT2D eigenvalue weighted by Gasteiger charge is 2.32. The van der Waals surface area contributed by atoms with Gasteiger partial charge in [0.25, 0.3) is 5.95 Å². The smallest absolute Gasteiger partial charge is 0.311 e. The number of carboxylic acid groups (broad SMARTS) is 1. The second-order valence-corrected chi connectivity index (χ2v) is 4.53. The van der Waals surface area contributed by atoms with E-state index >= 15 is 0 Å². The SMILES string of the molecule is O=C(O)Cc1nc(N2CC(CBr)CC2=O)n[nH]1. The minimum Gasteiger partial charge on any atom is -0.481 e. The molecule has 1 saturated heterocycles. The number of H-pyrrole nitrogens is 1. The summed E-state index contributed by atoms with van der Waals surface area (Å²) in [6, 6.07) is 0. The van der Waals surface area contributed by atoms with Crippen LogP contribution in [0.4, 0.5) is 5.95 Å². The number of hydrogen-bond donors (Lipinski definition) is 2. The third-order valence-corrected chi connectivity index (χ3v) is 3.42. The Kier molecular flexibility index (Phi) is 3.41. The number of carbonyl (C=O) groups is 2. The zero-order valence-electron chi connectivity index (χ0n) is 8.89. The second kappa shape index (κ2) is 4.82. The van der Waals surface area contributed by atoms with E-state index in [-0.39, 0.29) is 30.0 Å². The molecule has 7 nitrogen and oxygen atoms in total. The molecule has 0 radical (unpaired) electrons. The van der Waals surface area contributed by atoms with E-state index in [0.29, 0.717) is 13.0 Å². The van der Waals surface area contributed by atoms with Crippen molar-refractivity contribution < 1.29 is 14.7 Å². The maximum absolute atomic E-state index is 11.7. The Hall–Kier alpha value is -1.44. The molecular formula is C9H11BrN4O3. The Morgan fingerprint density at radius 1 is 1.65 bits per heavy atom. The molecule has 1 aliphatic rings. The fourth-order valence-electron chi connectivity index (χ4n) is 1.71. The van der Waals surface area contributed by atoms with Gasteiger partial charge < -0.3 is 5.11 Å². The summed E-state index contributed by atoms with van der Waals surface area (Å²) in [6.45, 7) is 0.564. The van der Waals surface area contributed by atoms with Crippen LogP contribution in [0.1, 0.15) is 12.2 Å². The van der Waals surface area contributed by atoms with Gasteiger partial charge in [0.2, 0.25) is 5.91 Å². The van der Waals surface area contributed by atoms with Crippen LogP contribution in [0.5, 0.6) is 0 Å². The van der Waals surface area contributed by atoms with E-state index < -0.39 is 5.97 Å². The Morgan fingerprint density at radius 3 is 3.00 bits per heavy atom. The summed E-state index contributed by atoms with van der Waals surface area (Å²) in [6.07, 6.45) is 0.241. The molecule has 8 heteroatoms. The maximum Gasteiger partial charge on any atom is 0.311 e. The van der Waals surface area contributed by atoms with Crippen LogP contribution in [-0.2, 0) is 16.0 Å². The quantitative estimate of drug-likeness (QED) is 0.773. The van der Waals surface area contributed by atoms with Crippen molar-refractivity contribution in [1.29, 1.82) is 0 Å². The number of halogens is 1. The molecule has 2 rings (SSSR count). The molecule has 0 spiro atoms. The van der Waals surface area contributed by atoms with Gasteiger partial charge in [0.15, 0.2) is 0 Å². The predicted octanol–water partition coefficient (Wildman–Crippen LogP) is 0.180. The lowest BCUT2D eigenvalue weighted by atomic mass is 10.2. The third-order valence-electron chi connectivity index (χ3n) is 2.50. The molecule has 0 aliphatic carbocycles. The highest BCUT2D eigenvalue weighted by atomic mass is 79.9. The first-order valence-corrected chi connectivity index (χ1v) is 6.21. The molecule has 2 N–H and O–H groups in total. The minimum absolute atomic E-state index is 0.0321.